The van der Waals surface area contributed by atoms with E-state index < -0.39 is 11.4 Å². The molecule has 0 unspecified atom stereocenters. The van der Waals surface area contributed by atoms with Crippen LogP contribution in [0, 0.1) is 5.41 Å². The van der Waals surface area contributed by atoms with Gasteiger partial charge in [0.1, 0.15) is 19.0 Å². The van der Waals surface area contributed by atoms with Crippen LogP contribution < -0.4 is 4.74 Å². The topological polar surface area (TPSA) is 61.8 Å². The summed E-state index contributed by atoms with van der Waals surface area (Å²) in [4.78, 5) is 22.8. The van der Waals surface area contributed by atoms with Crippen LogP contribution in [0.1, 0.15) is 32.8 Å². The molecule has 0 spiro atoms. The molecule has 1 aromatic carbocycles. The van der Waals surface area contributed by atoms with E-state index in [4.69, 9.17) is 9.47 Å². The molecule has 0 atom stereocenters. The minimum absolute atomic E-state index is 0.215. The van der Waals surface area contributed by atoms with Crippen LogP contribution in [0.3, 0.4) is 0 Å². The van der Waals surface area contributed by atoms with Crippen molar-refractivity contribution in [3.05, 3.63) is 35.9 Å². The number of hydrogen-bond donors (Lipinski definition) is 0. The fourth-order valence-corrected chi connectivity index (χ4v) is 1.54. The third kappa shape index (κ3) is 6.55. The second-order valence-electron chi connectivity index (χ2n) is 5.65. The van der Waals surface area contributed by atoms with Crippen LogP contribution in [-0.2, 0) is 19.1 Å². The predicted octanol–water partition coefficient (Wildman–Crippen LogP) is 3.23. The Labute approximate surface area is 137 Å². The predicted molar refractivity (Wildman–Crippen MR) is 88.0 cm³/mol. The van der Waals surface area contributed by atoms with Crippen molar-refractivity contribution >= 4 is 18.0 Å². The number of methoxy groups -OCH3 is 1. The Morgan fingerprint density at radius 3 is 2.35 bits per heavy atom. The van der Waals surface area contributed by atoms with Gasteiger partial charge in [-0.2, -0.15) is 0 Å². The molecule has 0 fully saturated rings. The summed E-state index contributed by atoms with van der Waals surface area (Å²) in [5.41, 5.74) is 0.395. The molecule has 0 bridgehead atoms. The number of carbonyl (C=O) groups excluding carboxylic acids is 2. The molecule has 0 amide bonds. The number of rotatable bonds is 8. The molecule has 0 heterocycles. The number of ether oxygens (including phenoxy) is 3. The third-order valence-corrected chi connectivity index (χ3v) is 3.51. The van der Waals surface area contributed by atoms with Gasteiger partial charge in [0.25, 0.3) is 0 Å². The lowest BCUT2D eigenvalue weighted by Crippen LogP contribution is -2.27. The van der Waals surface area contributed by atoms with E-state index in [1.54, 1.807) is 18.2 Å². The Bertz CT molecular complexity index is 543. The Kier molecular flexibility index (Phi) is 7.32. The largest absolute Gasteiger partial charge is 0.490 e. The van der Waals surface area contributed by atoms with Crippen molar-refractivity contribution in [1.29, 1.82) is 0 Å². The van der Waals surface area contributed by atoms with Gasteiger partial charge in [0.2, 0.25) is 0 Å². The van der Waals surface area contributed by atoms with Gasteiger partial charge in [-0.1, -0.05) is 19.1 Å². The first kappa shape index (κ1) is 18.7. The molecule has 0 saturated carbocycles. The van der Waals surface area contributed by atoms with Crippen molar-refractivity contribution in [2.75, 3.05) is 20.3 Å². The van der Waals surface area contributed by atoms with Crippen LogP contribution in [0.5, 0.6) is 5.75 Å². The van der Waals surface area contributed by atoms with E-state index in [0.717, 1.165) is 12.0 Å². The van der Waals surface area contributed by atoms with E-state index in [-0.39, 0.29) is 12.6 Å². The summed E-state index contributed by atoms with van der Waals surface area (Å²) < 4.78 is 15.2. The maximum absolute atomic E-state index is 11.8. The first-order valence-electron chi connectivity index (χ1n) is 7.55. The quantitative estimate of drug-likeness (QED) is 0.418. The molecule has 5 nitrogen and oxygen atoms in total. The Hall–Kier alpha value is -2.30. The van der Waals surface area contributed by atoms with Gasteiger partial charge in [0.05, 0.1) is 12.5 Å². The van der Waals surface area contributed by atoms with E-state index in [1.807, 2.05) is 32.9 Å². The molecule has 0 radical (unpaired) electrons. The minimum atomic E-state index is -0.465. The number of benzene rings is 1. The Morgan fingerprint density at radius 1 is 1.13 bits per heavy atom. The maximum atomic E-state index is 11.8. The molecule has 0 aliphatic rings. The summed E-state index contributed by atoms with van der Waals surface area (Å²) in [5.74, 6) is 0.0556. The SMILES string of the molecule is CCC(C)(C)C(=O)OCCOc1ccc(C=CC(=O)OC)cc1. The van der Waals surface area contributed by atoms with Crippen LogP contribution in [0.2, 0.25) is 0 Å². The maximum Gasteiger partial charge on any atom is 0.330 e. The van der Waals surface area contributed by atoms with Crippen molar-refractivity contribution in [1.82, 2.24) is 0 Å². The van der Waals surface area contributed by atoms with Gasteiger partial charge in [-0.15, -0.1) is 0 Å². The van der Waals surface area contributed by atoms with Crippen molar-refractivity contribution in [3.8, 4) is 5.75 Å². The monoisotopic (exact) mass is 320 g/mol. The van der Waals surface area contributed by atoms with E-state index in [0.29, 0.717) is 12.4 Å². The van der Waals surface area contributed by atoms with E-state index >= 15 is 0 Å². The van der Waals surface area contributed by atoms with Crippen LogP contribution in [0.4, 0.5) is 0 Å². The van der Waals surface area contributed by atoms with Gasteiger partial charge in [-0.25, -0.2) is 4.79 Å². The first-order valence-corrected chi connectivity index (χ1v) is 7.55. The standard InChI is InChI=1S/C18H24O5/c1-5-18(2,3)17(20)23-13-12-22-15-9-6-14(7-10-15)8-11-16(19)21-4/h6-11H,5,12-13H2,1-4H3. The lowest BCUT2D eigenvalue weighted by Gasteiger charge is -2.20. The van der Waals surface area contributed by atoms with Crippen molar-refractivity contribution < 1.29 is 23.8 Å². The van der Waals surface area contributed by atoms with E-state index in [9.17, 15) is 9.59 Å². The minimum Gasteiger partial charge on any atom is -0.490 e. The first-order chi connectivity index (χ1) is 10.9. The molecular formula is C18H24O5. The highest BCUT2D eigenvalue weighted by Gasteiger charge is 2.26. The van der Waals surface area contributed by atoms with Gasteiger partial charge in [0.15, 0.2) is 0 Å². The Morgan fingerprint density at radius 2 is 1.78 bits per heavy atom. The summed E-state index contributed by atoms with van der Waals surface area (Å²) in [6.45, 7) is 6.18. The van der Waals surface area contributed by atoms with Crippen LogP contribution in [0.25, 0.3) is 6.08 Å². The van der Waals surface area contributed by atoms with Gasteiger partial charge >= 0.3 is 11.9 Å². The molecule has 0 N–H and O–H groups in total. The molecular weight excluding hydrogens is 296 g/mol. The molecule has 0 aliphatic heterocycles. The zero-order chi connectivity index (χ0) is 17.3. The van der Waals surface area contributed by atoms with Crippen LogP contribution >= 0.6 is 0 Å². The average Bonchev–Trinajstić information content (AvgIpc) is 2.57. The Balaban J connectivity index is 2.38. The zero-order valence-electron chi connectivity index (χ0n) is 14.1. The summed E-state index contributed by atoms with van der Waals surface area (Å²) in [5, 5.41) is 0. The van der Waals surface area contributed by atoms with Crippen LogP contribution in [-0.4, -0.2) is 32.3 Å². The van der Waals surface area contributed by atoms with Gasteiger partial charge < -0.3 is 14.2 Å². The second-order valence-corrected chi connectivity index (χ2v) is 5.65. The highest BCUT2D eigenvalue weighted by molar-refractivity contribution is 5.86. The van der Waals surface area contributed by atoms with Gasteiger partial charge in [-0.05, 0) is 44.0 Å². The second kappa shape index (κ2) is 8.98. The van der Waals surface area contributed by atoms with Crippen molar-refractivity contribution in [2.24, 2.45) is 5.41 Å². The number of hydrogen-bond acceptors (Lipinski definition) is 5. The normalized spacial score (nSPS) is 11.3. The molecule has 23 heavy (non-hydrogen) atoms. The smallest absolute Gasteiger partial charge is 0.330 e. The summed E-state index contributed by atoms with van der Waals surface area (Å²) >= 11 is 0. The summed E-state index contributed by atoms with van der Waals surface area (Å²) in [6.07, 6.45) is 3.74. The number of esters is 2. The van der Waals surface area contributed by atoms with Crippen molar-refractivity contribution in [3.63, 3.8) is 0 Å². The average molecular weight is 320 g/mol. The molecule has 1 rings (SSSR count). The highest BCUT2D eigenvalue weighted by Crippen LogP contribution is 2.21. The molecule has 0 aromatic heterocycles. The number of carbonyl (C=O) groups is 2. The molecule has 0 aliphatic carbocycles. The summed E-state index contributed by atoms with van der Waals surface area (Å²) in [7, 11) is 1.33. The third-order valence-electron chi connectivity index (χ3n) is 3.51. The van der Waals surface area contributed by atoms with Crippen LogP contribution in [0.15, 0.2) is 30.3 Å². The molecule has 0 saturated heterocycles. The van der Waals surface area contributed by atoms with Gasteiger partial charge in [-0.3, -0.25) is 4.79 Å². The zero-order valence-corrected chi connectivity index (χ0v) is 14.1. The summed E-state index contributed by atoms with van der Waals surface area (Å²) in [6, 6.07) is 7.21. The molecule has 5 heteroatoms. The van der Waals surface area contributed by atoms with E-state index in [2.05, 4.69) is 4.74 Å². The fourth-order valence-electron chi connectivity index (χ4n) is 1.54. The highest BCUT2D eigenvalue weighted by atomic mass is 16.6. The lowest BCUT2D eigenvalue weighted by molar-refractivity contribution is -0.154. The fraction of sp³-hybridized carbons (Fsp3) is 0.444. The lowest BCUT2D eigenvalue weighted by atomic mass is 9.91. The van der Waals surface area contributed by atoms with E-state index in [1.165, 1.54) is 13.2 Å². The van der Waals surface area contributed by atoms with Gasteiger partial charge in [0, 0.05) is 6.08 Å². The molecule has 126 valence electrons. The molecule has 1 aromatic rings. The van der Waals surface area contributed by atoms with Crippen molar-refractivity contribution in [2.45, 2.75) is 27.2 Å².